The van der Waals surface area contributed by atoms with E-state index in [1.807, 2.05) is 0 Å². The molecule has 2 rings (SSSR count). The molecule has 0 aliphatic carbocycles. The fourth-order valence-corrected chi connectivity index (χ4v) is 2.21. The van der Waals surface area contributed by atoms with Crippen LogP contribution in [0, 0.1) is 5.92 Å². The maximum Gasteiger partial charge on any atom is 0.164 e. The van der Waals surface area contributed by atoms with Crippen LogP contribution in [-0.4, -0.2) is 19.0 Å². The van der Waals surface area contributed by atoms with Gasteiger partial charge in [-0.1, -0.05) is 25.4 Å². The highest BCUT2D eigenvalue weighted by molar-refractivity contribution is 6.34. The van der Waals surface area contributed by atoms with Gasteiger partial charge in [-0.05, 0) is 18.4 Å². The van der Waals surface area contributed by atoms with Gasteiger partial charge in [-0.15, -0.1) is 0 Å². The van der Waals surface area contributed by atoms with Gasteiger partial charge in [0.1, 0.15) is 0 Å². The number of hydrogen-bond donors (Lipinski definition) is 0. The van der Waals surface area contributed by atoms with Gasteiger partial charge in [0.05, 0.1) is 18.2 Å². The molecule has 1 aliphatic heterocycles. The smallest absolute Gasteiger partial charge is 0.164 e. The first-order chi connectivity index (χ1) is 9.08. The zero-order valence-electron chi connectivity index (χ0n) is 11.4. The van der Waals surface area contributed by atoms with Crippen LogP contribution < -0.4 is 9.47 Å². The second-order valence-corrected chi connectivity index (χ2v) is 5.59. The number of Topliss-reactive ketones (excluding diaryl/α,β-unsaturated/α-hetero) is 1. The van der Waals surface area contributed by atoms with Gasteiger partial charge in [0.2, 0.25) is 0 Å². The Morgan fingerprint density at radius 2 is 1.89 bits per heavy atom. The van der Waals surface area contributed by atoms with Crippen molar-refractivity contribution in [1.29, 1.82) is 0 Å². The van der Waals surface area contributed by atoms with Crippen molar-refractivity contribution < 1.29 is 14.3 Å². The van der Waals surface area contributed by atoms with Crippen molar-refractivity contribution in [2.75, 3.05) is 13.2 Å². The average molecular weight is 283 g/mol. The molecule has 1 aromatic carbocycles. The molecule has 0 saturated heterocycles. The zero-order valence-corrected chi connectivity index (χ0v) is 12.1. The van der Waals surface area contributed by atoms with Crippen LogP contribution in [0.2, 0.25) is 5.02 Å². The average Bonchev–Trinajstić information content (AvgIpc) is 2.59. The van der Waals surface area contributed by atoms with Crippen LogP contribution in [0.1, 0.15) is 43.5 Å². The van der Waals surface area contributed by atoms with Gasteiger partial charge in [0.25, 0.3) is 0 Å². The number of halogens is 1. The van der Waals surface area contributed by atoms with E-state index in [-0.39, 0.29) is 5.78 Å². The number of carbonyl (C=O) groups is 1. The van der Waals surface area contributed by atoms with Crippen molar-refractivity contribution in [3.05, 3.63) is 22.7 Å². The van der Waals surface area contributed by atoms with E-state index in [2.05, 4.69) is 13.8 Å². The summed E-state index contributed by atoms with van der Waals surface area (Å²) in [6.07, 6.45) is 2.21. The third-order valence-electron chi connectivity index (χ3n) is 3.09. The normalized spacial score (nSPS) is 14.3. The fourth-order valence-electron chi connectivity index (χ4n) is 1.95. The summed E-state index contributed by atoms with van der Waals surface area (Å²) in [4.78, 5) is 12.2. The lowest BCUT2D eigenvalue weighted by Crippen LogP contribution is -2.03. The minimum Gasteiger partial charge on any atom is -0.490 e. The molecule has 104 valence electrons. The summed E-state index contributed by atoms with van der Waals surface area (Å²) in [5.41, 5.74) is 0.534. The van der Waals surface area contributed by atoms with E-state index in [0.29, 0.717) is 47.6 Å². The van der Waals surface area contributed by atoms with Crippen molar-refractivity contribution >= 4 is 17.4 Å². The zero-order chi connectivity index (χ0) is 13.8. The lowest BCUT2D eigenvalue weighted by molar-refractivity contribution is 0.0975. The summed E-state index contributed by atoms with van der Waals surface area (Å²) in [5, 5.41) is 0.443. The highest BCUT2D eigenvalue weighted by atomic mass is 35.5. The van der Waals surface area contributed by atoms with Crippen LogP contribution in [0.15, 0.2) is 12.1 Å². The second kappa shape index (κ2) is 6.29. The number of benzene rings is 1. The van der Waals surface area contributed by atoms with Gasteiger partial charge in [0.15, 0.2) is 17.3 Å². The van der Waals surface area contributed by atoms with Crippen LogP contribution in [0.5, 0.6) is 11.5 Å². The molecule has 3 nitrogen and oxygen atoms in total. The lowest BCUT2D eigenvalue weighted by Gasteiger charge is -2.11. The molecule has 0 bridgehead atoms. The number of hydrogen-bond acceptors (Lipinski definition) is 3. The molecule has 0 aromatic heterocycles. The Labute approximate surface area is 118 Å². The van der Waals surface area contributed by atoms with E-state index < -0.39 is 0 Å². The number of ether oxygens (including phenoxy) is 2. The topological polar surface area (TPSA) is 35.5 Å². The minimum atomic E-state index is 0.0642. The predicted octanol–water partition coefficient (Wildman–Crippen LogP) is 4.12. The molecule has 0 atom stereocenters. The summed E-state index contributed by atoms with van der Waals surface area (Å²) >= 11 is 6.17. The molecule has 0 fully saturated rings. The lowest BCUT2D eigenvalue weighted by atomic mass is 10.0. The second-order valence-electron chi connectivity index (χ2n) is 5.18. The maximum absolute atomic E-state index is 12.2. The molecule has 1 aliphatic rings. The minimum absolute atomic E-state index is 0.0642. The van der Waals surface area contributed by atoms with E-state index in [1.165, 1.54) is 0 Å². The summed E-state index contributed by atoms with van der Waals surface area (Å²) in [6.45, 7) is 5.42. The largest absolute Gasteiger partial charge is 0.490 e. The summed E-state index contributed by atoms with van der Waals surface area (Å²) < 4.78 is 11.1. The van der Waals surface area contributed by atoms with Crippen LogP contribution in [0.25, 0.3) is 0 Å². The Morgan fingerprint density at radius 1 is 1.26 bits per heavy atom. The van der Waals surface area contributed by atoms with E-state index in [4.69, 9.17) is 21.1 Å². The van der Waals surface area contributed by atoms with Gasteiger partial charge in [-0.25, -0.2) is 0 Å². The quantitative estimate of drug-likeness (QED) is 0.779. The summed E-state index contributed by atoms with van der Waals surface area (Å²) in [5.74, 6) is 1.81. The summed E-state index contributed by atoms with van der Waals surface area (Å²) in [6, 6.07) is 3.40. The van der Waals surface area contributed by atoms with Crippen molar-refractivity contribution in [3.63, 3.8) is 0 Å². The Bertz CT molecular complexity index is 469. The van der Waals surface area contributed by atoms with Crippen molar-refractivity contribution in [3.8, 4) is 11.5 Å². The number of rotatable bonds is 4. The van der Waals surface area contributed by atoms with E-state index in [1.54, 1.807) is 12.1 Å². The molecule has 4 heteroatoms. The van der Waals surface area contributed by atoms with Gasteiger partial charge in [-0.3, -0.25) is 4.79 Å². The van der Waals surface area contributed by atoms with Gasteiger partial charge < -0.3 is 9.47 Å². The van der Waals surface area contributed by atoms with Crippen molar-refractivity contribution in [2.45, 2.75) is 33.1 Å². The first kappa shape index (κ1) is 14.2. The third kappa shape index (κ3) is 3.63. The van der Waals surface area contributed by atoms with Gasteiger partial charge in [0, 0.05) is 24.5 Å². The van der Waals surface area contributed by atoms with Gasteiger partial charge in [-0.2, -0.15) is 0 Å². The molecule has 0 amide bonds. The van der Waals surface area contributed by atoms with Crippen LogP contribution in [0.4, 0.5) is 0 Å². The molecule has 1 heterocycles. The van der Waals surface area contributed by atoms with Crippen LogP contribution >= 0.6 is 11.6 Å². The van der Waals surface area contributed by atoms with E-state index in [0.717, 1.165) is 12.8 Å². The molecule has 1 aromatic rings. The highest BCUT2D eigenvalue weighted by Gasteiger charge is 2.18. The molecule has 0 spiro atoms. The van der Waals surface area contributed by atoms with Crippen LogP contribution in [-0.2, 0) is 0 Å². The fraction of sp³-hybridized carbons (Fsp3) is 0.533. The number of fused-ring (bicyclic) bond motifs is 1. The Hall–Kier alpha value is -1.22. The van der Waals surface area contributed by atoms with E-state index in [9.17, 15) is 4.79 Å². The molecule has 0 radical (unpaired) electrons. The maximum atomic E-state index is 12.2. The third-order valence-corrected chi connectivity index (χ3v) is 3.40. The van der Waals surface area contributed by atoms with Crippen LogP contribution in [0.3, 0.4) is 0 Å². The number of ketones is 1. The van der Waals surface area contributed by atoms with Crippen molar-refractivity contribution in [1.82, 2.24) is 0 Å². The highest BCUT2D eigenvalue weighted by Crippen LogP contribution is 2.35. The first-order valence-electron chi connectivity index (χ1n) is 6.70. The molecular weight excluding hydrogens is 264 g/mol. The Morgan fingerprint density at radius 3 is 2.53 bits per heavy atom. The molecule has 19 heavy (non-hydrogen) atoms. The SMILES string of the molecule is CC(C)CCC(=O)c1cc2c(cc1Cl)OCCCO2. The van der Waals surface area contributed by atoms with Crippen molar-refractivity contribution in [2.24, 2.45) is 5.92 Å². The van der Waals surface area contributed by atoms with E-state index >= 15 is 0 Å². The molecule has 0 N–H and O–H groups in total. The Kier molecular flexibility index (Phi) is 4.70. The Balaban J connectivity index is 2.21. The standard InChI is InChI=1S/C15H19ClO3/c1-10(2)4-5-13(17)11-8-14-15(9-12(11)16)19-7-3-6-18-14/h8-10H,3-7H2,1-2H3. The predicted molar refractivity (Wildman–Crippen MR) is 75.5 cm³/mol. The summed E-state index contributed by atoms with van der Waals surface area (Å²) in [7, 11) is 0. The first-order valence-corrected chi connectivity index (χ1v) is 7.08. The molecular formula is C15H19ClO3. The van der Waals surface area contributed by atoms with Gasteiger partial charge >= 0.3 is 0 Å². The number of carbonyl (C=O) groups excluding carboxylic acids is 1. The molecule has 0 unspecified atom stereocenters. The molecule has 0 saturated carbocycles. The monoisotopic (exact) mass is 282 g/mol.